The Morgan fingerprint density at radius 1 is 1.03 bits per heavy atom. The monoisotopic (exact) mass is 449 g/mol. The van der Waals surface area contributed by atoms with E-state index in [1.807, 2.05) is 13.0 Å². The summed E-state index contributed by atoms with van der Waals surface area (Å²) in [5, 5.41) is 9.73. The van der Waals surface area contributed by atoms with E-state index in [2.05, 4.69) is 4.72 Å². The van der Waals surface area contributed by atoms with Gasteiger partial charge in [0.15, 0.2) is 0 Å². The highest BCUT2D eigenvalue weighted by Crippen LogP contribution is 2.45. The average Bonchev–Trinajstić information content (AvgIpc) is 2.76. The lowest BCUT2D eigenvalue weighted by Crippen LogP contribution is -2.46. The molecule has 172 valence electrons. The number of hydrogen-bond donors (Lipinski definition) is 2. The second-order valence-corrected chi connectivity index (χ2v) is 11.3. The molecule has 2 heterocycles. The molecule has 1 aromatic carbocycles. The lowest BCUT2D eigenvalue weighted by atomic mass is 9.68. The summed E-state index contributed by atoms with van der Waals surface area (Å²) in [5.41, 5.74) is 1.80. The second kappa shape index (κ2) is 9.08. The summed E-state index contributed by atoms with van der Waals surface area (Å²) in [5.74, 6) is -0.187. The number of anilines is 1. The summed E-state index contributed by atoms with van der Waals surface area (Å²) in [6.07, 6.45) is 8.82. The van der Waals surface area contributed by atoms with Gasteiger partial charge >= 0.3 is 10.2 Å². The highest BCUT2D eigenvalue weighted by molar-refractivity contribution is 7.90. The third kappa shape index (κ3) is 4.91. The molecular weight excluding hydrogens is 414 g/mol. The SMILES string of the molecule is Cc1cccc(C(=O)N2CCC(O)CC2)c1NS(=O)(=O)N1CCC2(CCCCC2)CC1. The van der Waals surface area contributed by atoms with Crippen LogP contribution in [0.2, 0.25) is 0 Å². The highest BCUT2D eigenvalue weighted by Gasteiger charge is 2.39. The van der Waals surface area contributed by atoms with Crippen molar-refractivity contribution >= 4 is 21.8 Å². The number of likely N-dealkylation sites (tertiary alicyclic amines) is 1. The van der Waals surface area contributed by atoms with E-state index in [9.17, 15) is 18.3 Å². The van der Waals surface area contributed by atoms with Crippen LogP contribution in [-0.2, 0) is 10.2 Å². The Labute approximate surface area is 186 Å². The van der Waals surface area contributed by atoms with Crippen molar-refractivity contribution in [2.45, 2.75) is 70.8 Å². The molecule has 0 atom stereocenters. The first-order valence-electron chi connectivity index (χ1n) is 11.6. The van der Waals surface area contributed by atoms with Crippen molar-refractivity contribution < 1.29 is 18.3 Å². The molecule has 4 rings (SSSR count). The van der Waals surface area contributed by atoms with Gasteiger partial charge in [-0.05, 0) is 62.5 Å². The fourth-order valence-corrected chi connectivity index (χ4v) is 6.74. The van der Waals surface area contributed by atoms with Crippen LogP contribution in [-0.4, -0.2) is 60.9 Å². The molecule has 2 aliphatic heterocycles. The van der Waals surface area contributed by atoms with Crippen LogP contribution in [0.3, 0.4) is 0 Å². The molecule has 8 heteroatoms. The van der Waals surface area contributed by atoms with Gasteiger partial charge in [-0.1, -0.05) is 31.4 Å². The quantitative estimate of drug-likeness (QED) is 0.738. The van der Waals surface area contributed by atoms with E-state index in [1.165, 1.54) is 32.1 Å². The number of piperidine rings is 2. The van der Waals surface area contributed by atoms with E-state index >= 15 is 0 Å². The largest absolute Gasteiger partial charge is 0.393 e. The lowest BCUT2D eigenvalue weighted by Gasteiger charge is -2.43. The first kappa shape index (κ1) is 22.6. The van der Waals surface area contributed by atoms with E-state index in [0.717, 1.165) is 18.4 Å². The summed E-state index contributed by atoms with van der Waals surface area (Å²) in [6, 6.07) is 5.29. The van der Waals surface area contributed by atoms with E-state index in [1.54, 1.807) is 21.3 Å². The molecule has 2 saturated heterocycles. The number of carbonyl (C=O) groups excluding carboxylic acids is 1. The van der Waals surface area contributed by atoms with Gasteiger partial charge < -0.3 is 10.0 Å². The molecule has 1 aromatic rings. The van der Waals surface area contributed by atoms with E-state index < -0.39 is 10.2 Å². The molecule has 1 amide bonds. The van der Waals surface area contributed by atoms with Crippen LogP contribution < -0.4 is 4.72 Å². The number of nitrogens with zero attached hydrogens (tertiary/aromatic N) is 2. The van der Waals surface area contributed by atoms with E-state index in [4.69, 9.17) is 0 Å². The Balaban J connectivity index is 1.49. The minimum absolute atomic E-state index is 0.187. The fourth-order valence-electron chi connectivity index (χ4n) is 5.42. The number of nitrogens with one attached hydrogen (secondary N) is 1. The van der Waals surface area contributed by atoms with Gasteiger partial charge in [-0.2, -0.15) is 12.7 Å². The van der Waals surface area contributed by atoms with Crippen molar-refractivity contribution in [2.24, 2.45) is 5.41 Å². The van der Waals surface area contributed by atoms with Crippen molar-refractivity contribution in [3.63, 3.8) is 0 Å². The minimum atomic E-state index is -3.74. The molecule has 0 aromatic heterocycles. The van der Waals surface area contributed by atoms with Crippen LogP contribution in [0.5, 0.6) is 0 Å². The molecule has 3 fully saturated rings. The zero-order valence-corrected chi connectivity index (χ0v) is 19.3. The summed E-state index contributed by atoms with van der Waals surface area (Å²) in [6.45, 7) is 3.85. The van der Waals surface area contributed by atoms with Gasteiger partial charge in [0.1, 0.15) is 0 Å². The Morgan fingerprint density at radius 2 is 1.68 bits per heavy atom. The number of aryl methyl sites for hydroxylation is 1. The van der Waals surface area contributed by atoms with Gasteiger partial charge in [0.25, 0.3) is 5.91 Å². The van der Waals surface area contributed by atoms with Crippen molar-refractivity contribution in [3.8, 4) is 0 Å². The summed E-state index contributed by atoms with van der Waals surface area (Å²) in [4.78, 5) is 14.8. The zero-order valence-electron chi connectivity index (χ0n) is 18.5. The molecule has 1 spiro atoms. The molecule has 3 aliphatic rings. The summed E-state index contributed by atoms with van der Waals surface area (Å²) >= 11 is 0. The molecule has 7 nitrogen and oxygen atoms in total. The van der Waals surface area contributed by atoms with Gasteiger partial charge in [-0.15, -0.1) is 0 Å². The number of hydrogen-bond acceptors (Lipinski definition) is 4. The number of amides is 1. The number of benzene rings is 1. The number of carbonyl (C=O) groups is 1. The predicted octanol–water partition coefficient (Wildman–Crippen LogP) is 3.29. The molecule has 2 N–H and O–H groups in total. The van der Waals surface area contributed by atoms with Crippen LogP contribution in [0.25, 0.3) is 0 Å². The third-order valence-corrected chi connectivity index (χ3v) is 9.03. The van der Waals surface area contributed by atoms with Crippen LogP contribution in [0, 0.1) is 12.3 Å². The molecule has 0 radical (unpaired) electrons. The molecular formula is C23H35N3O4S. The molecule has 1 aliphatic carbocycles. The maximum Gasteiger partial charge on any atom is 0.301 e. The topological polar surface area (TPSA) is 90.0 Å². The third-order valence-electron chi connectivity index (χ3n) is 7.52. The van der Waals surface area contributed by atoms with Crippen LogP contribution in [0.1, 0.15) is 73.7 Å². The standard InChI is InChI=1S/C23H35N3O4S/c1-18-6-5-7-20(22(28)25-14-8-19(27)9-15-25)21(18)24-31(29,30)26-16-12-23(13-17-26)10-3-2-4-11-23/h5-7,19,24,27H,2-4,8-17H2,1H3. The molecule has 31 heavy (non-hydrogen) atoms. The molecule has 0 unspecified atom stereocenters. The number of rotatable bonds is 4. The second-order valence-electron chi connectivity index (χ2n) is 9.59. The number of para-hydroxylation sites is 1. The fraction of sp³-hybridized carbons (Fsp3) is 0.696. The van der Waals surface area contributed by atoms with Crippen molar-refractivity contribution in [1.29, 1.82) is 0 Å². The van der Waals surface area contributed by atoms with Gasteiger partial charge in [0.05, 0.1) is 17.4 Å². The first-order valence-corrected chi connectivity index (χ1v) is 13.1. The van der Waals surface area contributed by atoms with Gasteiger partial charge in [-0.3, -0.25) is 9.52 Å². The highest BCUT2D eigenvalue weighted by atomic mass is 32.2. The Hall–Kier alpha value is -1.64. The Kier molecular flexibility index (Phi) is 6.60. The maximum atomic E-state index is 13.2. The molecule has 0 bridgehead atoms. The summed E-state index contributed by atoms with van der Waals surface area (Å²) < 4.78 is 30.8. The van der Waals surface area contributed by atoms with Crippen LogP contribution in [0.4, 0.5) is 5.69 Å². The average molecular weight is 450 g/mol. The molecule has 1 saturated carbocycles. The predicted molar refractivity (Wildman–Crippen MR) is 121 cm³/mol. The lowest BCUT2D eigenvalue weighted by molar-refractivity contribution is 0.0547. The van der Waals surface area contributed by atoms with Crippen molar-refractivity contribution in [2.75, 3.05) is 30.9 Å². The number of aliphatic hydroxyl groups is 1. The van der Waals surface area contributed by atoms with Crippen molar-refractivity contribution in [1.82, 2.24) is 9.21 Å². The Morgan fingerprint density at radius 3 is 2.32 bits per heavy atom. The van der Waals surface area contributed by atoms with Crippen LogP contribution >= 0.6 is 0 Å². The van der Waals surface area contributed by atoms with Crippen molar-refractivity contribution in [3.05, 3.63) is 29.3 Å². The van der Waals surface area contributed by atoms with E-state index in [0.29, 0.717) is 55.7 Å². The maximum absolute atomic E-state index is 13.2. The van der Waals surface area contributed by atoms with Crippen LogP contribution in [0.15, 0.2) is 18.2 Å². The smallest absolute Gasteiger partial charge is 0.301 e. The Bertz CT molecular complexity index is 893. The van der Waals surface area contributed by atoms with Gasteiger partial charge in [0, 0.05) is 26.2 Å². The number of aliphatic hydroxyl groups excluding tert-OH is 1. The van der Waals surface area contributed by atoms with Gasteiger partial charge in [-0.25, -0.2) is 0 Å². The summed E-state index contributed by atoms with van der Waals surface area (Å²) in [7, 11) is -3.74. The minimum Gasteiger partial charge on any atom is -0.393 e. The van der Waals surface area contributed by atoms with E-state index in [-0.39, 0.29) is 12.0 Å². The first-order chi connectivity index (χ1) is 14.8. The zero-order chi connectivity index (χ0) is 22.1. The van der Waals surface area contributed by atoms with Gasteiger partial charge in [0.2, 0.25) is 0 Å². The normalized spacial score (nSPS) is 23.1.